The molecule has 0 N–H and O–H groups in total. The van der Waals surface area contributed by atoms with Crippen molar-refractivity contribution in [1.82, 2.24) is 0 Å². The average molecular weight is 415 g/mol. The van der Waals surface area contributed by atoms with Gasteiger partial charge in [0.2, 0.25) is 0 Å². The lowest BCUT2D eigenvalue weighted by molar-refractivity contribution is 0.395. The lowest BCUT2D eigenvalue weighted by atomic mass is 9.76. The molecular weight excluding hydrogens is 379 g/mol. The molecule has 4 rings (SSSR count). The number of hydrogen-bond donors (Lipinski definition) is 0. The maximum Gasteiger partial charge on any atom is 0.126 e. The topological polar surface area (TPSA) is 0 Å². The molecule has 3 aromatic carbocycles. The van der Waals surface area contributed by atoms with Crippen LogP contribution in [0, 0.1) is 5.82 Å². The molecule has 0 aromatic heterocycles. The van der Waals surface area contributed by atoms with E-state index in [-0.39, 0.29) is 5.82 Å². The fourth-order valence-electron chi connectivity index (χ4n) is 5.23. The van der Waals surface area contributed by atoms with Crippen molar-refractivity contribution in [2.45, 2.75) is 76.5 Å². The Morgan fingerprint density at radius 1 is 0.806 bits per heavy atom. The molecule has 0 radical (unpaired) electrons. The number of benzene rings is 3. The van der Waals surface area contributed by atoms with Gasteiger partial charge in [-0.15, -0.1) is 0 Å². The molecule has 1 heteroatoms. The van der Waals surface area contributed by atoms with Gasteiger partial charge in [0, 0.05) is 0 Å². The van der Waals surface area contributed by atoms with Crippen molar-refractivity contribution in [1.29, 1.82) is 0 Å². The van der Waals surface area contributed by atoms with E-state index >= 15 is 0 Å². The Bertz CT molecular complexity index is 949. The average Bonchev–Trinajstić information content (AvgIpc) is 2.82. The molecule has 1 fully saturated rings. The molecule has 0 unspecified atom stereocenters. The lowest BCUT2D eigenvalue weighted by Crippen LogP contribution is -2.12. The number of aryl methyl sites for hydroxylation is 1. The Morgan fingerprint density at radius 2 is 1.42 bits per heavy atom. The summed E-state index contributed by atoms with van der Waals surface area (Å²) in [6, 6.07) is 26.1. The number of hydrogen-bond acceptors (Lipinski definition) is 0. The van der Waals surface area contributed by atoms with Crippen LogP contribution in [0.3, 0.4) is 0 Å². The van der Waals surface area contributed by atoms with E-state index in [1.165, 1.54) is 35.1 Å². The minimum Gasteiger partial charge on any atom is -0.207 e. The summed E-state index contributed by atoms with van der Waals surface area (Å²) in [4.78, 5) is 0. The zero-order valence-electron chi connectivity index (χ0n) is 19.0. The zero-order valence-corrected chi connectivity index (χ0v) is 19.0. The van der Waals surface area contributed by atoms with Gasteiger partial charge in [-0.1, -0.05) is 87.0 Å². The summed E-state index contributed by atoms with van der Waals surface area (Å²) in [6.07, 6.45) is 7.61. The predicted octanol–water partition coefficient (Wildman–Crippen LogP) is 8.57. The summed E-state index contributed by atoms with van der Waals surface area (Å²) in [7, 11) is 0. The van der Waals surface area contributed by atoms with E-state index < -0.39 is 0 Å². The first kappa shape index (κ1) is 21.8. The molecule has 1 saturated carbocycles. The molecule has 0 nitrogen and oxygen atoms in total. The van der Waals surface area contributed by atoms with Crippen LogP contribution in [0.15, 0.2) is 72.8 Å². The van der Waals surface area contributed by atoms with E-state index in [4.69, 9.17) is 0 Å². The van der Waals surface area contributed by atoms with Crippen LogP contribution >= 0.6 is 0 Å². The molecule has 0 spiro atoms. The van der Waals surface area contributed by atoms with Crippen molar-refractivity contribution < 1.29 is 4.39 Å². The van der Waals surface area contributed by atoms with Crippen LogP contribution in [0.25, 0.3) is 0 Å². The standard InChI is InChI=1S/C30H35F/c1-3-7-28-18-19-29(21-30(28)31)27-16-14-26(15-17-27)25-12-10-23(11-13-25)20-22(2)24-8-5-4-6-9-24/h4-6,8-13,18-19,21-22,26-27H,3,7,14-17,20H2,1-2H3/t22-,26?,27?/m0/s1. The molecular formula is C30H35F. The third-order valence-corrected chi connectivity index (χ3v) is 7.16. The van der Waals surface area contributed by atoms with Gasteiger partial charge < -0.3 is 0 Å². The SMILES string of the molecule is CCCc1ccc(C2CCC(c3ccc(C[C@H](C)c4ccccc4)cc3)CC2)cc1F. The third-order valence-electron chi connectivity index (χ3n) is 7.16. The first-order chi connectivity index (χ1) is 15.1. The smallest absolute Gasteiger partial charge is 0.126 e. The van der Waals surface area contributed by atoms with Crippen molar-refractivity contribution >= 4 is 0 Å². The summed E-state index contributed by atoms with van der Waals surface area (Å²) in [5, 5.41) is 0. The summed E-state index contributed by atoms with van der Waals surface area (Å²) in [5.74, 6) is 1.67. The van der Waals surface area contributed by atoms with Crippen LogP contribution in [0.1, 0.15) is 91.5 Å². The van der Waals surface area contributed by atoms with Crippen molar-refractivity contribution in [2.75, 3.05) is 0 Å². The van der Waals surface area contributed by atoms with E-state index in [0.29, 0.717) is 17.8 Å². The van der Waals surface area contributed by atoms with Crippen molar-refractivity contribution in [3.8, 4) is 0 Å². The van der Waals surface area contributed by atoms with E-state index in [1.54, 1.807) is 6.07 Å². The second-order valence-electron chi connectivity index (χ2n) is 9.41. The largest absolute Gasteiger partial charge is 0.207 e. The van der Waals surface area contributed by atoms with Crippen LogP contribution in [0.5, 0.6) is 0 Å². The van der Waals surface area contributed by atoms with Crippen LogP contribution in [-0.4, -0.2) is 0 Å². The first-order valence-corrected chi connectivity index (χ1v) is 12.1. The molecule has 0 amide bonds. The highest BCUT2D eigenvalue weighted by Gasteiger charge is 2.24. The third kappa shape index (κ3) is 5.45. The van der Waals surface area contributed by atoms with Crippen LogP contribution < -0.4 is 0 Å². The second-order valence-corrected chi connectivity index (χ2v) is 9.41. The van der Waals surface area contributed by atoms with Gasteiger partial charge in [0.25, 0.3) is 0 Å². The van der Waals surface area contributed by atoms with Gasteiger partial charge >= 0.3 is 0 Å². The zero-order chi connectivity index (χ0) is 21.6. The highest BCUT2D eigenvalue weighted by Crippen LogP contribution is 2.41. The molecule has 162 valence electrons. The van der Waals surface area contributed by atoms with Gasteiger partial charge in [-0.25, -0.2) is 4.39 Å². The molecule has 31 heavy (non-hydrogen) atoms. The fourth-order valence-corrected chi connectivity index (χ4v) is 5.23. The maximum atomic E-state index is 14.4. The van der Waals surface area contributed by atoms with Crippen molar-refractivity contribution in [3.63, 3.8) is 0 Å². The summed E-state index contributed by atoms with van der Waals surface area (Å²) in [5.41, 5.74) is 6.35. The molecule has 0 bridgehead atoms. The Morgan fingerprint density at radius 3 is 2.03 bits per heavy atom. The monoisotopic (exact) mass is 414 g/mol. The summed E-state index contributed by atoms with van der Waals surface area (Å²) >= 11 is 0. The minimum atomic E-state index is -0.0122. The normalized spacial score (nSPS) is 19.8. The van der Waals surface area contributed by atoms with Gasteiger partial charge in [0.05, 0.1) is 0 Å². The van der Waals surface area contributed by atoms with Crippen LogP contribution in [-0.2, 0) is 12.8 Å². The van der Waals surface area contributed by atoms with Gasteiger partial charge in [0.15, 0.2) is 0 Å². The van der Waals surface area contributed by atoms with E-state index in [1.807, 2.05) is 6.07 Å². The number of rotatable bonds is 7. The highest BCUT2D eigenvalue weighted by molar-refractivity contribution is 5.31. The lowest BCUT2D eigenvalue weighted by Gasteiger charge is -2.29. The molecule has 1 aliphatic rings. The molecule has 0 saturated heterocycles. The van der Waals surface area contributed by atoms with Gasteiger partial charge in [-0.2, -0.15) is 0 Å². The molecule has 1 aliphatic carbocycles. The molecule has 0 aliphatic heterocycles. The van der Waals surface area contributed by atoms with E-state index in [2.05, 4.69) is 74.5 Å². The Balaban J connectivity index is 1.33. The van der Waals surface area contributed by atoms with Gasteiger partial charge in [-0.05, 0) is 90.2 Å². The Kier molecular flexibility index (Phi) is 7.22. The summed E-state index contributed by atoms with van der Waals surface area (Å²) in [6.45, 7) is 4.41. The van der Waals surface area contributed by atoms with E-state index in [0.717, 1.165) is 37.7 Å². The Labute approximate surface area is 187 Å². The van der Waals surface area contributed by atoms with Crippen molar-refractivity contribution in [3.05, 3.63) is 106 Å². The summed E-state index contributed by atoms with van der Waals surface area (Å²) < 4.78 is 14.4. The highest BCUT2D eigenvalue weighted by atomic mass is 19.1. The predicted molar refractivity (Wildman–Crippen MR) is 129 cm³/mol. The van der Waals surface area contributed by atoms with Gasteiger partial charge in [-0.3, -0.25) is 0 Å². The maximum absolute atomic E-state index is 14.4. The van der Waals surface area contributed by atoms with E-state index in [9.17, 15) is 4.39 Å². The van der Waals surface area contributed by atoms with Crippen LogP contribution in [0.4, 0.5) is 4.39 Å². The fraction of sp³-hybridized carbons (Fsp3) is 0.400. The second kappa shape index (κ2) is 10.3. The van der Waals surface area contributed by atoms with Gasteiger partial charge in [0.1, 0.15) is 5.82 Å². The first-order valence-electron chi connectivity index (χ1n) is 12.1. The quantitative estimate of drug-likeness (QED) is 0.363. The van der Waals surface area contributed by atoms with Crippen LogP contribution in [0.2, 0.25) is 0 Å². The molecule has 1 atom stereocenters. The molecule has 0 heterocycles. The molecule has 3 aromatic rings. The minimum absolute atomic E-state index is 0.0122. The van der Waals surface area contributed by atoms with Crippen molar-refractivity contribution in [2.24, 2.45) is 0 Å². The Hall–Kier alpha value is -2.41. The number of halogens is 1.